The van der Waals surface area contributed by atoms with E-state index in [0.29, 0.717) is 35.1 Å². The summed E-state index contributed by atoms with van der Waals surface area (Å²) in [5.41, 5.74) is 3.02. The first-order chi connectivity index (χ1) is 25.7. The fourth-order valence-electron chi connectivity index (χ4n) is 6.59. The molecule has 7 rings (SSSR count). The number of anilines is 1. The van der Waals surface area contributed by atoms with Gasteiger partial charge in [0, 0.05) is 30.0 Å². The maximum Gasteiger partial charge on any atom is 0.270 e. The molecule has 0 saturated carbocycles. The van der Waals surface area contributed by atoms with Gasteiger partial charge in [0.1, 0.15) is 37.7 Å². The molecule has 3 atom stereocenters. The Morgan fingerprint density at radius 1 is 0.717 bits per heavy atom. The lowest BCUT2D eigenvalue weighted by Gasteiger charge is -2.40. The van der Waals surface area contributed by atoms with Crippen LogP contribution < -0.4 is 10.1 Å². The molecule has 0 saturated heterocycles. The lowest BCUT2D eigenvalue weighted by Crippen LogP contribution is -2.46. The maximum atomic E-state index is 12.0. The van der Waals surface area contributed by atoms with Gasteiger partial charge in [0.05, 0.1) is 26.5 Å². The first-order valence-electron chi connectivity index (χ1n) is 17.3. The normalized spacial score (nSPS) is 17.6. The van der Waals surface area contributed by atoms with Gasteiger partial charge in [0.25, 0.3) is 11.4 Å². The van der Waals surface area contributed by atoms with E-state index in [0.717, 1.165) is 16.7 Å². The Kier molecular flexibility index (Phi) is 9.85. The molecular formula is C41H37N5O7. The average molecular weight is 712 g/mol. The van der Waals surface area contributed by atoms with Crippen molar-refractivity contribution in [2.75, 3.05) is 25.1 Å². The molecule has 12 nitrogen and oxygen atoms in total. The Labute approximate surface area is 306 Å². The van der Waals surface area contributed by atoms with Crippen LogP contribution in [-0.4, -0.2) is 41.5 Å². The standard InChI is InChI=1S/C41H37N5O7/c1-27(2)41(30-16-10-5-11-17-30,44-35-20-18-31(45(47)48)22-33(35)39-42-36(24-51-39)28-12-6-3-7-13-28)26-53-38-21-19-32(46(49)50)23-34(38)40-43-37(25-52-40)29-14-8-4-9-15-29/h3-23,27,36-37,44H,24-26H2,1-2H3/t36-,37-,41-/m0/s1. The molecule has 12 heteroatoms. The highest BCUT2D eigenvalue weighted by atomic mass is 16.6. The molecule has 0 radical (unpaired) electrons. The van der Waals surface area contributed by atoms with Crippen LogP contribution in [-0.2, 0) is 15.0 Å². The van der Waals surface area contributed by atoms with Crippen molar-refractivity contribution in [3.8, 4) is 5.75 Å². The van der Waals surface area contributed by atoms with E-state index in [1.165, 1.54) is 24.3 Å². The summed E-state index contributed by atoms with van der Waals surface area (Å²) in [7, 11) is 0. The van der Waals surface area contributed by atoms with Crippen LogP contribution in [0, 0.1) is 26.1 Å². The SMILES string of the molecule is CC(C)[C@](COc1ccc([N+](=O)[O-])cc1C1=N[C@H](c2ccccc2)CO1)(Nc1ccc([N+](=O)[O-])cc1C1=N[C@H](c2ccccc2)CO1)c1ccccc1. The van der Waals surface area contributed by atoms with Crippen molar-refractivity contribution in [1.29, 1.82) is 0 Å². The molecule has 268 valence electrons. The van der Waals surface area contributed by atoms with E-state index in [-0.39, 0.29) is 48.5 Å². The van der Waals surface area contributed by atoms with Gasteiger partial charge in [-0.15, -0.1) is 0 Å². The Hall–Kier alpha value is -6.56. The molecule has 5 aromatic rings. The summed E-state index contributed by atoms with van der Waals surface area (Å²) in [5, 5.41) is 27.6. The number of hydrogen-bond donors (Lipinski definition) is 1. The van der Waals surface area contributed by atoms with Crippen molar-refractivity contribution in [2.24, 2.45) is 15.9 Å². The molecule has 53 heavy (non-hydrogen) atoms. The number of nitrogens with zero attached hydrogens (tertiary/aromatic N) is 4. The van der Waals surface area contributed by atoms with Crippen LogP contribution in [0.5, 0.6) is 5.75 Å². The fraction of sp³-hybridized carbons (Fsp3) is 0.220. The zero-order valence-corrected chi connectivity index (χ0v) is 29.1. The van der Waals surface area contributed by atoms with Crippen LogP contribution in [0.25, 0.3) is 0 Å². The second-order valence-corrected chi connectivity index (χ2v) is 13.2. The molecule has 0 aromatic heterocycles. The number of nitro benzene ring substituents is 2. The van der Waals surface area contributed by atoms with E-state index in [1.807, 2.05) is 91.0 Å². The van der Waals surface area contributed by atoms with Crippen molar-refractivity contribution < 1.29 is 24.1 Å². The quantitative estimate of drug-likeness (QED) is 0.0942. The third kappa shape index (κ3) is 7.29. The second kappa shape index (κ2) is 15.0. The topological polar surface area (TPSA) is 151 Å². The average Bonchev–Trinajstić information content (AvgIpc) is 3.89. The van der Waals surface area contributed by atoms with E-state index in [9.17, 15) is 20.2 Å². The summed E-state index contributed by atoms with van der Waals surface area (Å²) in [6.07, 6.45) is 0. The van der Waals surface area contributed by atoms with Gasteiger partial charge in [-0.2, -0.15) is 0 Å². The highest BCUT2D eigenvalue weighted by Gasteiger charge is 2.39. The largest absolute Gasteiger partial charge is 0.490 e. The van der Waals surface area contributed by atoms with E-state index in [1.54, 1.807) is 12.1 Å². The van der Waals surface area contributed by atoms with Gasteiger partial charge in [-0.3, -0.25) is 20.2 Å². The zero-order chi connectivity index (χ0) is 37.0. The number of benzene rings is 5. The van der Waals surface area contributed by atoms with Gasteiger partial charge in [-0.1, -0.05) is 105 Å². The Morgan fingerprint density at radius 3 is 1.74 bits per heavy atom. The molecule has 2 aliphatic rings. The van der Waals surface area contributed by atoms with Crippen LogP contribution in [0.1, 0.15) is 53.7 Å². The third-order valence-corrected chi connectivity index (χ3v) is 9.61. The minimum Gasteiger partial charge on any atom is -0.490 e. The number of ether oxygens (including phenoxy) is 3. The third-order valence-electron chi connectivity index (χ3n) is 9.61. The lowest BCUT2D eigenvalue weighted by molar-refractivity contribution is -0.385. The van der Waals surface area contributed by atoms with Gasteiger partial charge >= 0.3 is 0 Å². The number of nitro groups is 2. The summed E-state index contributed by atoms with van der Waals surface area (Å²) in [6.45, 7) is 4.72. The van der Waals surface area contributed by atoms with Crippen molar-refractivity contribution in [3.05, 3.63) is 175 Å². The number of rotatable bonds is 13. The molecule has 0 aliphatic carbocycles. The monoisotopic (exact) mass is 711 g/mol. The number of hydrogen-bond acceptors (Lipinski definition) is 10. The van der Waals surface area contributed by atoms with Crippen molar-refractivity contribution in [3.63, 3.8) is 0 Å². The Morgan fingerprint density at radius 2 is 1.21 bits per heavy atom. The van der Waals surface area contributed by atoms with Crippen molar-refractivity contribution >= 4 is 28.9 Å². The van der Waals surface area contributed by atoms with E-state index < -0.39 is 15.4 Å². The van der Waals surface area contributed by atoms with Gasteiger partial charge in [-0.05, 0) is 34.7 Å². The molecule has 0 unspecified atom stereocenters. The van der Waals surface area contributed by atoms with Crippen molar-refractivity contribution in [2.45, 2.75) is 31.5 Å². The Balaban J connectivity index is 1.28. The summed E-state index contributed by atoms with van der Waals surface area (Å²) in [4.78, 5) is 32.6. The van der Waals surface area contributed by atoms with Crippen LogP contribution >= 0.6 is 0 Å². The van der Waals surface area contributed by atoms with Gasteiger partial charge in [0.2, 0.25) is 11.8 Å². The molecule has 0 fully saturated rings. The highest BCUT2D eigenvalue weighted by Crippen LogP contribution is 2.39. The second-order valence-electron chi connectivity index (χ2n) is 13.2. The fourth-order valence-corrected chi connectivity index (χ4v) is 6.59. The summed E-state index contributed by atoms with van der Waals surface area (Å²) in [6, 6.07) is 37.6. The maximum absolute atomic E-state index is 12.0. The van der Waals surface area contributed by atoms with Crippen LogP contribution in [0.2, 0.25) is 0 Å². The minimum atomic E-state index is -0.936. The van der Waals surface area contributed by atoms with E-state index in [4.69, 9.17) is 24.2 Å². The van der Waals surface area contributed by atoms with Crippen molar-refractivity contribution in [1.82, 2.24) is 0 Å². The number of aliphatic imine (C=N–C) groups is 2. The lowest BCUT2D eigenvalue weighted by atomic mass is 9.79. The van der Waals surface area contributed by atoms with Crippen LogP contribution in [0.3, 0.4) is 0 Å². The predicted molar refractivity (Wildman–Crippen MR) is 202 cm³/mol. The number of non-ortho nitro benzene ring substituents is 2. The molecule has 5 aromatic carbocycles. The molecule has 0 bridgehead atoms. The molecule has 0 spiro atoms. The first kappa shape index (κ1) is 34.9. The minimum absolute atomic E-state index is 0.0469. The molecule has 1 N–H and O–H groups in total. The Bertz CT molecular complexity index is 2180. The highest BCUT2D eigenvalue weighted by molar-refractivity contribution is 6.01. The van der Waals surface area contributed by atoms with Crippen LogP contribution in [0.4, 0.5) is 17.1 Å². The smallest absolute Gasteiger partial charge is 0.270 e. The zero-order valence-electron chi connectivity index (χ0n) is 29.1. The summed E-state index contributed by atoms with van der Waals surface area (Å²) < 4.78 is 18.8. The first-order valence-corrected chi connectivity index (χ1v) is 17.3. The van der Waals surface area contributed by atoms with Gasteiger partial charge in [-0.25, -0.2) is 9.98 Å². The van der Waals surface area contributed by atoms with E-state index in [2.05, 4.69) is 19.2 Å². The van der Waals surface area contributed by atoms with Crippen LogP contribution in [0.15, 0.2) is 137 Å². The predicted octanol–water partition coefficient (Wildman–Crippen LogP) is 8.58. The number of nitrogens with one attached hydrogen (secondary N) is 1. The summed E-state index contributed by atoms with van der Waals surface area (Å²) in [5.74, 6) is 0.769. The van der Waals surface area contributed by atoms with Gasteiger partial charge < -0.3 is 19.5 Å². The molecule has 2 aliphatic heterocycles. The molecule has 0 amide bonds. The molecular weight excluding hydrogens is 674 g/mol. The van der Waals surface area contributed by atoms with Gasteiger partial charge in [0.15, 0.2) is 0 Å². The van der Waals surface area contributed by atoms with E-state index >= 15 is 0 Å². The summed E-state index contributed by atoms with van der Waals surface area (Å²) >= 11 is 0. The molecule has 2 heterocycles.